The largest absolute Gasteiger partial charge is 1.00 e. The number of carboxylic acids is 1. The van der Waals surface area contributed by atoms with Crippen LogP contribution in [0.2, 0.25) is 5.02 Å². The fraction of sp³-hybridized carbons (Fsp3) is 0.316. The molecule has 2 atom stereocenters. The van der Waals surface area contributed by atoms with Gasteiger partial charge in [0.15, 0.2) is 6.61 Å². The second-order valence-electron chi connectivity index (χ2n) is 5.91. The number of ether oxygens (including phenoxy) is 1. The molecule has 0 radical (unpaired) electrons. The first-order chi connectivity index (χ1) is 11.9. The van der Waals surface area contributed by atoms with Crippen LogP contribution in [0, 0.1) is 0 Å². The molecule has 134 valence electrons. The zero-order valence-corrected chi connectivity index (χ0v) is 17.7. The van der Waals surface area contributed by atoms with Gasteiger partial charge in [-0.15, -0.1) is 0 Å². The number of hydrogen-bond donors (Lipinski definition) is 3. The maximum Gasteiger partial charge on any atom is 1.00 e. The van der Waals surface area contributed by atoms with Crippen LogP contribution in [0.15, 0.2) is 48.5 Å². The molecule has 0 saturated carbocycles. The van der Waals surface area contributed by atoms with Crippen LogP contribution >= 0.6 is 11.6 Å². The van der Waals surface area contributed by atoms with Crippen molar-refractivity contribution in [2.24, 2.45) is 0 Å². The number of benzene rings is 2. The third kappa shape index (κ3) is 8.08. The van der Waals surface area contributed by atoms with Gasteiger partial charge in [0, 0.05) is 17.6 Å². The van der Waals surface area contributed by atoms with E-state index in [4.69, 9.17) is 21.4 Å². The van der Waals surface area contributed by atoms with Crippen LogP contribution in [-0.4, -0.2) is 35.4 Å². The fourth-order valence-electron chi connectivity index (χ4n) is 2.44. The molecule has 0 bridgehead atoms. The van der Waals surface area contributed by atoms with E-state index >= 15 is 0 Å². The Kier molecular flexibility index (Phi) is 10.2. The van der Waals surface area contributed by atoms with Crippen molar-refractivity contribution in [2.45, 2.75) is 25.5 Å². The van der Waals surface area contributed by atoms with Crippen LogP contribution < -0.4 is 39.6 Å². The normalized spacial score (nSPS) is 12.7. The minimum Gasteiger partial charge on any atom is -0.482 e. The number of hydrogen-bond acceptors (Lipinski definition) is 4. The van der Waals surface area contributed by atoms with E-state index in [2.05, 4.69) is 5.32 Å². The van der Waals surface area contributed by atoms with Crippen molar-refractivity contribution in [3.8, 4) is 5.75 Å². The summed E-state index contributed by atoms with van der Waals surface area (Å²) in [5, 5.41) is 22.7. The second-order valence-corrected chi connectivity index (χ2v) is 6.35. The third-order valence-corrected chi connectivity index (χ3v) is 3.96. The van der Waals surface area contributed by atoms with E-state index in [1.807, 2.05) is 31.2 Å². The summed E-state index contributed by atoms with van der Waals surface area (Å²) in [6.07, 6.45) is 0.162. The molecule has 0 fully saturated rings. The average Bonchev–Trinajstić information content (AvgIpc) is 2.59. The quantitative estimate of drug-likeness (QED) is 0.531. The predicted molar refractivity (Wildman–Crippen MR) is 97.2 cm³/mol. The molecule has 0 aliphatic rings. The zero-order valence-electron chi connectivity index (χ0n) is 15.0. The van der Waals surface area contributed by atoms with Gasteiger partial charge in [-0.3, -0.25) is 0 Å². The van der Waals surface area contributed by atoms with Crippen LogP contribution in [0.25, 0.3) is 0 Å². The van der Waals surface area contributed by atoms with Gasteiger partial charge in [0.2, 0.25) is 0 Å². The van der Waals surface area contributed by atoms with E-state index in [0.717, 1.165) is 17.5 Å². The molecular weight excluding hydrogens is 365 g/mol. The minimum atomic E-state index is -1.000. The molecule has 0 aliphatic carbocycles. The minimum absolute atomic E-state index is 0. The molecule has 5 nitrogen and oxygen atoms in total. The van der Waals surface area contributed by atoms with Crippen molar-refractivity contribution in [1.82, 2.24) is 5.32 Å². The van der Waals surface area contributed by atoms with Gasteiger partial charge in [-0.1, -0.05) is 35.9 Å². The number of aliphatic hydroxyl groups excluding tert-OH is 1. The van der Waals surface area contributed by atoms with Crippen molar-refractivity contribution in [3.63, 3.8) is 0 Å². The summed E-state index contributed by atoms with van der Waals surface area (Å²) >= 11 is 5.94. The molecule has 0 spiro atoms. The fourth-order valence-corrected chi connectivity index (χ4v) is 2.64. The first-order valence-electron chi connectivity index (χ1n) is 8.04. The topological polar surface area (TPSA) is 78.8 Å². The van der Waals surface area contributed by atoms with E-state index in [0.29, 0.717) is 17.3 Å². The number of carboxylic acid groups (broad SMARTS) is 1. The predicted octanol–water partition coefficient (Wildman–Crippen LogP) is 0.0616. The number of aliphatic hydroxyl groups is 1. The maximum atomic E-state index is 10.5. The molecule has 0 saturated heterocycles. The SMILES string of the molecule is CC(Cc1ccc(OCC(=O)O)cc1)NCC(O)c1cccc(Cl)c1.[Na+]. The van der Waals surface area contributed by atoms with Crippen molar-refractivity contribution < 1.29 is 49.3 Å². The first-order valence-corrected chi connectivity index (χ1v) is 8.42. The van der Waals surface area contributed by atoms with E-state index in [-0.39, 0.29) is 42.2 Å². The Balaban J connectivity index is 0.00000338. The van der Waals surface area contributed by atoms with Gasteiger partial charge in [0.25, 0.3) is 0 Å². The molecule has 0 aromatic heterocycles. The third-order valence-electron chi connectivity index (χ3n) is 3.72. The van der Waals surface area contributed by atoms with Gasteiger partial charge in [0.1, 0.15) is 5.75 Å². The summed E-state index contributed by atoms with van der Waals surface area (Å²) in [4.78, 5) is 10.5. The number of carbonyl (C=O) groups is 1. The summed E-state index contributed by atoms with van der Waals surface area (Å²) in [5.74, 6) is -0.469. The van der Waals surface area contributed by atoms with Crippen molar-refractivity contribution >= 4 is 17.6 Å². The molecular formula is C19H22ClNNaO4+. The Labute approximate surface area is 180 Å². The molecule has 0 amide bonds. The number of halogens is 1. The van der Waals surface area contributed by atoms with Gasteiger partial charge in [-0.2, -0.15) is 0 Å². The Morgan fingerprint density at radius 3 is 2.54 bits per heavy atom. The van der Waals surface area contributed by atoms with Gasteiger partial charge >= 0.3 is 35.5 Å². The summed E-state index contributed by atoms with van der Waals surface area (Å²) in [5.41, 5.74) is 1.88. The number of nitrogens with one attached hydrogen (secondary N) is 1. The summed E-state index contributed by atoms with van der Waals surface area (Å²) < 4.78 is 5.11. The van der Waals surface area contributed by atoms with Crippen molar-refractivity contribution in [1.29, 1.82) is 0 Å². The Morgan fingerprint density at radius 2 is 1.92 bits per heavy atom. The smallest absolute Gasteiger partial charge is 0.482 e. The van der Waals surface area contributed by atoms with E-state index < -0.39 is 12.1 Å². The standard InChI is InChI=1S/C19H22ClNO4.Na/c1-13(21-11-18(22)15-3-2-4-16(20)10-15)9-14-5-7-17(8-6-14)25-12-19(23)24;/h2-8,10,13,18,21-22H,9,11-12H2,1H3,(H,23,24);/q;+1. The molecule has 2 aromatic carbocycles. The van der Waals surface area contributed by atoms with Gasteiger partial charge in [-0.25, -0.2) is 4.79 Å². The summed E-state index contributed by atoms with van der Waals surface area (Å²) in [7, 11) is 0. The summed E-state index contributed by atoms with van der Waals surface area (Å²) in [6.45, 7) is 2.12. The Morgan fingerprint density at radius 1 is 1.23 bits per heavy atom. The molecule has 7 heteroatoms. The van der Waals surface area contributed by atoms with E-state index in [9.17, 15) is 9.90 Å². The Hall–Kier alpha value is -1.08. The monoisotopic (exact) mass is 386 g/mol. The van der Waals surface area contributed by atoms with E-state index in [1.54, 1.807) is 24.3 Å². The second kappa shape index (κ2) is 11.6. The molecule has 26 heavy (non-hydrogen) atoms. The van der Waals surface area contributed by atoms with Crippen molar-refractivity contribution in [2.75, 3.05) is 13.2 Å². The molecule has 0 aliphatic heterocycles. The van der Waals surface area contributed by atoms with Gasteiger partial charge in [0.05, 0.1) is 6.10 Å². The first kappa shape index (κ1) is 23.0. The Bertz CT molecular complexity index is 696. The van der Waals surface area contributed by atoms with Gasteiger partial charge < -0.3 is 20.3 Å². The zero-order chi connectivity index (χ0) is 18.2. The van der Waals surface area contributed by atoms with Crippen LogP contribution in [0.4, 0.5) is 0 Å². The average molecular weight is 387 g/mol. The van der Waals surface area contributed by atoms with Crippen LogP contribution in [-0.2, 0) is 11.2 Å². The number of rotatable bonds is 9. The molecule has 3 N–H and O–H groups in total. The molecule has 2 unspecified atom stereocenters. The summed E-state index contributed by atoms with van der Waals surface area (Å²) in [6, 6.07) is 14.7. The van der Waals surface area contributed by atoms with Crippen LogP contribution in [0.1, 0.15) is 24.2 Å². The van der Waals surface area contributed by atoms with Crippen LogP contribution in [0.5, 0.6) is 5.75 Å². The van der Waals surface area contributed by atoms with Crippen LogP contribution in [0.3, 0.4) is 0 Å². The molecule has 0 heterocycles. The van der Waals surface area contributed by atoms with Gasteiger partial charge in [-0.05, 0) is 48.7 Å². The van der Waals surface area contributed by atoms with Crippen molar-refractivity contribution in [3.05, 3.63) is 64.7 Å². The molecule has 2 aromatic rings. The molecule has 2 rings (SSSR count). The van der Waals surface area contributed by atoms with E-state index in [1.165, 1.54) is 0 Å². The number of aliphatic carboxylic acids is 1. The maximum absolute atomic E-state index is 10.5.